The Labute approximate surface area is 127 Å². The number of rotatable bonds is 1. The molecule has 1 aliphatic rings. The summed E-state index contributed by atoms with van der Waals surface area (Å²) in [5.74, 6) is 0. The maximum Gasteiger partial charge on any atom is 2.00 e. The van der Waals surface area contributed by atoms with Crippen LogP contribution in [0.5, 0.6) is 0 Å². The molecule has 0 amide bonds. The van der Waals surface area contributed by atoms with E-state index in [9.17, 15) is 0 Å². The van der Waals surface area contributed by atoms with Gasteiger partial charge in [-0.1, -0.05) is 60.3 Å². The Kier molecular flexibility index (Phi) is 9.56. The van der Waals surface area contributed by atoms with Crippen molar-refractivity contribution >= 4 is 0 Å². The summed E-state index contributed by atoms with van der Waals surface area (Å²) in [6.45, 7) is 20.0. The Hall–Kier alpha value is -0.417. The van der Waals surface area contributed by atoms with Gasteiger partial charge < -0.3 is 0 Å². The van der Waals surface area contributed by atoms with Gasteiger partial charge in [-0.25, -0.2) is 23.3 Å². The minimum atomic E-state index is 0. The Bertz CT molecular complexity index is 361. The van der Waals surface area contributed by atoms with Crippen LogP contribution in [0.3, 0.4) is 0 Å². The third-order valence-electron chi connectivity index (χ3n) is 2.24. The standard InChI is InChI=1S/C10H15.C7H11.Ru/c1-8-5-9(2)7-10(3,4)6-8;1-6(2)5-7(3)4;/h5H,6H2,1-4H3;1,5H,2-4H3;/q2*-1;+2. The molecule has 0 atom stereocenters. The first-order chi connectivity index (χ1) is 7.62. The van der Waals surface area contributed by atoms with Crippen LogP contribution in [0.1, 0.15) is 54.9 Å². The van der Waals surface area contributed by atoms with Crippen LogP contribution < -0.4 is 0 Å². The molecule has 0 saturated carbocycles. The topological polar surface area (TPSA) is 0 Å². The van der Waals surface area contributed by atoms with E-state index in [-0.39, 0.29) is 24.9 Å². The summed E-state index contributed by atoms with van der Waals surface area (Å²) in [5.41, 5.74) is 5.15. The maximum absolute atomic E-state index is 5.33. The van der Waals surface area contributed by atoms with E-state index in [2.05, 4.69) is 39.8 Å². The summed E-state index contributed by atoms with van der Waals surface area (Å²) in [6, 6.07) is 0. The zero-order chi connectivity index (χ0) is 13.6. The Balaban J connectivity index is 0. The number of allylic oxidation sites excluding steroid dienone is 7. The van der Waals surface area contributed by atoms with Crippen LogP contribution in [0.25, 0.3) is 0 Å². The zero-order valence-electron chi connectivity index (χ0n) is 12.8. The first-order valence-corrected chi connectivity index (χ1v) is 6.15. The molecule has 0 aromatic heterocycles. The summed E-state index contributed by atoms with van der Waals surface area (Å²) in [5, 5.41) is 0. The van der Waals surface area contributed by atoms with Crippen LogP contribution in [-0.2, 0) is 19.5 Å². The van der Waals surface area contributed by atoms with E-state index >= 15 is 0 Å². The van der Waals surface area contributed by atoms with Crippen molar-refractivity contribution in [2.45, 2.75) is 54.9 Å². The Morgan fingerprint density at radius 2 is 1.78 bits per heavy atom. The molecule has 0 saturated heterocycles. The molecule has 0 unspecified atom stereocenters. The van der Waals surface area contributed by atoms with Gasteiger partial charge in [0.15, 0.2) is 0 Å². The second-order valence-electron chi connectivity index (χ2n) is 5.83. The van der Waals surface area contributed by atoms with Gasteiger partial charge in [-0.05, 0) is 0 Å². The predicted octanol–water partition coefficient (Wildman–Crippen LogP) is 5.44. The fourth-order valence-corrected chi connectivity index (χ4v) is 2.19. The van der Waals surface area contributed by atoms with Gasteiger partial charge in [0.2, 0.25) is 0 Å². The molecule has 0 radical (unpaired) electrons. The smallest absolute Gasteiger partial charge is 0.290 e. The predicted molar refractivity (Wildman–Crippen MR) is 77.5 cm³/mol. The van der Waals surface area contributed by atoms with Gasteiger partial charge in [-0.2, -0.15) is 11.1 Å². The second-order valence-corrected chi connectivity index (χ2v) is 5.83. The van der Waals surface area contributed by atoms with Crippen LogP contribution in [0.2, 0.25) is 0 Å². The van der Waals surface area contributed by atoms with Crippen LogP contribution >= 0.6 is 0 Å². The van der Waals surface area contributed by atoms with Gasteiger partial charge in [-0.3, -0.25) is 12.7 Å². The van der Waals surface area contributed by atoms with Crippen LogP contribution in [-0.4, -0.2) is 0 Å². The Morgan fingerprint density at radius 1 is 1.28 bits per heavy atom. The average Bonchev–Trinajstić information content (AvgIpc) is 1.95. The van der Waals surface area contributed by atoms with Crippen molar-refractivity contribution < 1.29 is 19.5 Å². The summed E-state index contributed by atoms with van der Waals surface area (Å²) < 4.78 is 0. The fourth-order valence-electron chi connectivity index (χ4n) is 2.19. The molecule has 1 rings (SSSR count). The minimum Gasteiger partial charge on any atom is -0.290 e. The second kappa shape index (κ2) is 8.64. The van der Waals surface area contributed by atoms with Gasteiger partial charge in [0.25, 0.3) is 0 Å². The van der Waals surface area contributed by atoms with Crippen molar-refractivity contribution in [3.05, 3.63) is 47.1 Å². The van der Waals surface area contributed by atoms with Crippen LogP contribution in [0.4, 0.5) is 0 Å². The molecule has 0 N–H and O–H groups in total. The molecule has 18 heavy (non-hydrogen) atoms. The molecule has 0 nitrogen and oxygen atoms in total. The number of hydrogen-bond acceptors (Lipinski definition) is 0. The SMILES string of the molecule is CC1=[C-]C(C)(C)CC(C)=C1.[CH-]=C(C)C=C(C)C.[Ru+2]. The summed E-state index contributed by atoms with van der Waals surface area (Å²) in [7, 11) is 0. The molecule has 0 aromatic rings. The molecule has 0 aliphatic heterocycles. The molecule has 1 aliphatic carbocycles. The average molecular weight is 331 g/mol. The fraction of sp³-hybridized carbons (Fsp3) is 0.529. The van der Waals surface area contributed by atoms with E-state index in [1.165, 1.54) is 16.7 Å². The van der Waals surface area contributed by atoms with Crippen molar-refractivity contribution in [3.63, 3.8) is 0 Å². The van der Waals surface area contributed by atoms with Crippen LogP contribution in [0.15, 0.2) is 34.4 Å². The van der Waals surface area contributed by atoms with Crippen molar-refractivity contribution in [1.82, 2.24) is 0 Å². The molecule has 1 heteroatoms. The van der Waals surface area contributed by atoms with E-state index in [0.29, 0.717) is 0 Å². The summed E-state index contributed by atoms with van der Waals surface area (Å²) in [6.07, 6.45) is 8.74. The van der Waals surface area contributed by atoms with E-state index in [0.717, 1.165) is 12.0 Å². The van der Waals surface area contributed by atoms with Crippen molar-refractivity contribution in [2.24, 2.45) is 5.41 Å². The van der Waals surface area contributed by atoms with E-state index in [4.69, 9.17) is 6.58 Å². The largest absolute Gasteiger partial charge is 2.00 e. The Morgan fingerprint density at radius 3 is 2.00 bits per heavy atom. The van der Waals surface area contributed by atoms with E-state index in [1.807, 2.05) is 26.8 Å². The molecule has 0 aromatic carbocycles. The molecular formula is C17H26Ru. The molecule has 0 fully saturated rings. The summed E-state index contributed by atoms with van der Waals surface area (Å²) in [4.78, 5) is 0. The molecule has 0 bridgehead atoms. The van der Waals surface area contributed by atoms with Crippen LogP contribution in [0, 0.1) is 18.1 Å². The molecule has 0 spiro atoms. The van der Waals surface area contributed by atoms with Gasteiger partial charge >= 0.3 is 19.5 Å². The van der Waals surface area contributed by atoms with E-state index in [1.54, 1.807) is 0 Å². The van der Waals surface area contributed by atoms with Gasteiger partial charge in [0.05, 0.1) is 0 Å². The van der Waals surface area contributed by atoms with Crippen molar-refractivity contribution in [3.8, 4) is 0 Å². The quantitative estimate of drug-likeness (QED) is 0.341. The van der Waals surface area contributed by atoms with Crippen molar-refractivity contribution in [1.29, 1.82) is 0 Å². The molecule has 102 valence electrons. The van der Waals surface area contributed by atoms with Gasteiger partial charge in [-0.15, -0.1) is 0 Å². The first-order valence-electron chi connectivity index (χ1n) is 6.15. The van der Waals surface area contributed by atoms with E-state index < -0.39 is 0 Å². The molecule has 0 heterocycles. The van der Waals surface area contributed by atoms with Gasteiger partial charge in [0, 0.05) is 0 Å². The zero-order valence-corrected chi connectivity index (χ0v) is 14.5. The van der Waals surface area contributed by atoms with Crippen molar-refractivity contribution in [2.75, 3.05) is 0 Å². The normalized spacial score (nSPS) is 16.2. The monoisotopic (exact) mass is 332 g/mol. The van der Waals surface area contributed by atoms with Gasteiger partial charge in [0.1, 0.15) is 0 Å². The molecular weight excluding hydrogens is 305 g/mol. The minimum absolute atomic E-state index is 0. The summed E-state index contributed by atoms with van der Waals surface area (Å²) >= 11 is 0. The maximum atomic E-state index is 5.33. The third kappa shape index (κ3) is 10.7. The first kappa shape index (κ1) is 19.9. The third-order valence-corrected chi connectivity index (χ3v) is 2.24. The number of hydrogen-bond donors (Lipinski definition) is 0.